The topological polar surface area (TPSA) is 48.0 Å². The number of nitrogens with zero attached hydrogens (tertiary/aromatic N) is 2. The van der Waals surface area contributed by atoms with Crippen LogP contribution >= 0.6 is 11.6 Å². The third-order valence-corrected chi connectivity index (χ3v) is 2.61. The molecule has 4 nitrogen and oxygen atoms in total. The summed E-state index contributed by atoms with van der Waals surface area (Å²) in [4.78, 5) is 15.9. The number of benzene rings is 1. The molecule has 0 unspecified atom stereocenters. The molecule has 0 amide bonds. The van der Waals surface area contributed by atoms with Crippen LogP contribution in [0, 0.1) is 0 Å². The number of hydrogen-bond acceptors (Lipinski definition) is 3. The van der Waals surface area contributed by atoms with E-state index in [1.165, 1.54) is 10.8 Å². The fraction of sp³-hybridized carbons (Fsp3) is 0. The normalized spacial score (nSPS) is 10.9. The van der Waals surface area contributed by atoms with Crippen LogP contribution in [0.4, 0.5) is 0 Å². The number of hydrogen-bond donors (Lipinski definition) is 0. The lowest BCUT2D eigenvalue weighted by atomic mass is 10.3. The molecule has 3 aromatic rings. The molecule has 0 saturated heterocycles. The number of aromatic nitrogens is 2. The van der Waals surface area contributed by atoms with Crippen LogP contribution in [-0.2, 0) is 0 Å². The maximum atomic E-state index is 11.8. The fourth-order valence-electron chi connectivity index (χ4n) is 1.69. The molecule has 0 aliphatic rings. The lowest BCUT2D eigenvalue weighted by Gasteiger charge is -1.99. The van der Waals surface area contributed by atoms with Crippen molar-refractivity contribution in [2.45, 2.75) is 0 Å². The second-order valence-corrected chi connectivity index (χ2v) is 3.95. The number of para-hydroxylation sites is 1. The van der Waals surface area contributed by atoms with Crippen molar-refractivity contribution in [2.24, 2.45) is 0 Å². The molecule has 0 bridgehead atoms. The smallest absolute Gasteiger partial charge is 0.406 e. The summed E-state index contributed by atoms with van der Waals surface area (Å²) in [7, 11) is 0. The molecule has 0 saturated carbocycles. The van der Waals surface area contributed by atoms with Gasteiger partial charge in [-0.05, 0) is 12.1 Å². The second-order valence-electron chi connectivity index (χ2n) is 3.51. The Morgan fingerprint density at radius 1 is 1.24 bits per heavy atom. The predicted molar refractivity (Wildman–Crippen MR) is 64.6 cm³/mol. The lowest BCUT2D eigenvalue weighted by molar-refractivity contribution is 0.540. The van der Waals surface area contributed by atoms with E-state index in [-0.39, 0.29) is 0 Å². The number of fused-ring (bicyclic) bond motifs is 1. The highest BCUT2D eigenvalue weighted by Gasteiger charge is 2.12. The molecule has 2 heterocycles. The summed E-state index contributed by atoms with van der Waals surface area (Å²) in [6.45, 7) is 0. The molecule has 0 aliphatic carbocycles. The first kappa shape index (κ1) is 10.1. The van der Waals surface area contributed by atoms with Gasteiger partial charge in [0, 0.05) is 12.3 Å². The van der Waals surface area contributed by atoms with Crippen molar-refractivity contribution < 1.29 is 4.42 Å². The highest BCUT2D eigenvalue weighted by Crippen LogP contribution is 2.18. The summed E-state index contributed by atoms with van der Waals surface area (Å²) in [6.07, 6.45) is 1.48. The molecule has 0 N–H and O–H groups in total. The van der Waals surface area contributed by atoms with E-state index < -0.39 is 5.76 Å². The van der Waals surface area contributed by atoms with Crippen LogP contribution in [0.2, 0.25) is 5.02 Å². The number of oxazole rings is 1. The standard InChI is InChI=1S/C12H7ClN2O2/c13-8-6-10-11(14-7-8)15(12(16)17-10)9-4-2-1-3-5-9/h1-7H. The molecular weight excluding hydrogens is 240 g/mol. The molecule has 17 heavy (non-hydrogen) atoms. The Balaban J connectivity index is 2.37. The zero-order valence-corrected chi connectivity index (χ0v) is 9.39. The number of pyridine rings is 1. The molecule has 0 radical (unpaired) electrons. The number of rotatable bonds is 1. The van der Waals surface area contributed by atoms with Crippen LogP contribution in [0.5, 0.6) is 0 Å². The van der Waals surface area contributed by atoms with E-state index in [2.05, 4.69) is 4.98 Å². The van der Waals surface area contributed by atoms with E-state index in [1.54, 1.807) is 6.07 Å². The minimum Gasteiger partial charge on any atom is -0.406 e. The highest BCUT2D eigenvalue weighted by atomic mass is 35.5. The van der Waals surface area contributed by atoms with Crippen molar-refractivity contribution in [3.8, 4) is 5.69 Å². The van der Waals surface area contributed by atoms with Crippen LogP contribution in [0.15, 0.2) is 51.8 Å². The van der Waals surface area contributed by atoms with Gasteiger partial charge in [-0.1, -0.05) is 29.8 Å². The molecule has 0 fully saturated rings. The molecule has 0 atom stereocenters. The van der Waals surface area contributed by atoms with Gasteiger partial charge in [-0.15, -0.1) is 0 Å². The summed E-state index contributed by atoms with van der Waals surface area (Å²) < 4.78 is 6.50. The van der Waals surface area contributed by atoms with Gasteiger partial charge in [0.2, 0.25) is 0 Å². The summed E-state index contributed by atoms with van der Waals surface area (Å²) in [5, 5.41) is 0.437. The van der Waals surface area contributed by atoms with Gasteiger partial charge in [0.05, 0.1) is 10.7 Å². The van der Waals surface area contributed by atoms with E-state index in [0.29, 0.717) is 21.9 Å². The van der Waals surface area contributed by atoms with E-state index >= 15 is 0 Å². The first-order valence-electron chi connectivity index (χ1n) is 4.98. The lowest BCUT2D eigenvalue weighted by Crippen LogP contribution is -2.11. The second kappa shape index (κ2) is 3.75. The monoisotopic (exact) mass is 246 g/mol. The Labute approximate surface area is 101 Å². The molecule has 0 spiro atoms. The molecule has 0 aliphatic heterocycles. The quantitative estimate of drug-likeness (QED) is 0.663. The minimum atomic E-state index is -0.471. The molecule has 5 heteroatoms. The van der Waals surface area contributed by atoms with Crippen LogP contribution in [0.1, 0.15) is 0 Å². The molecular formula is C12H7ClN2O2. The van der Waals surface area contributed by atoms with Gasteiger partial charge in [-0.25, -0.2) is 14.3 Å². The molecule has 2 aromatic heterocycles. The maximum absolute atomic E-state index is 11.8. The van der Waals surface area contributed by atoms with E-state index in [4.69, 9.17) is 16.0 Å². The third kappa shape index (κ3) is 1.62. The Hall–Kier alpha value is -2.07. The van der Waals surface area contributed by atoms with Crippen LogP contribution < -0.4 is 5.76 Å². The summed E-state index contributed by atoms with van der Waals surface area (Å²) in [5.41, 5.74) is 1.56. The van der Waals surface area contributed by atoms with E-state index in [1.807, 2.05) is 30.3 Å². The average Bonchev–Trinajstić information content (AvgIpc) is 2.65. The fourth-order valence-corrected chi connectivity index (χ4v) is 1.84. The summed E-state index contributed by atoms with van der Waals surface area (Å²) in [6, 6.07) is 10.8. The van der Waals surface area contributed by atoms with Gasteiger partial charge in [-0.3, -0.25) is 0 Å². The Morgan fingerprint density at radius 3 is 2.76 bits per heavy atom. The van der Waals surface area contributed by atoms with E-state index in [9.17, 15) is 4.79 Å². The predicted octanol–water partition coefficient (Wildman–Crippen LogP) is 2.63. The largest absolute Gasteiger partial charge is 0.425 e. The van der Waals surface area contributed by atoms with Crippen molar-refractivity contribution in [1.82, 2.24) is 9.55 Å². The van der Waals surface area contributed by atoms with Gasteiger partial charge >= 0.3 is 5.76 Å². The molecule has 3 rings (SSSR count). The maximum Gasteiger partial charge on any atom is 0.425 e. The van der Waals surface area contributed by atoms with Crippen molar-refractivity contribution in [3.63, 3.8) is 0 Å². The van der Waals surface area contributed by atoms with Crippen molar-refractivity contribution in [3.05, 3.63) is 58.2 Å². The van der Waals surface area contributed by atoms with Crippen molar-refractivity contribution in [1.29, 1.82) is 0 Å². The van der Waals surface area contributed by atoms with Crippen molar-refractivity contribution >= 4 is 22.8 Å². The molecule has 84 valence electrons. The first-order chi connectivity index (χ1) is 8.25. The summed E-state index contributed by atoms with van der Waals surface area (Å²) >= 11 is 5.79. The van der Waals surface area contributed by atoms with Crippen LogP contribution in [-0.4, -0.2) is 9.55 Å². The Kier molecular flexibility index (Phi) is 2.23. The Morgan fingerprint density at radius 2 is 2.00 bits per heavy atom. The Bertz CT molecular complexity index is 731. The highest BCUT2D eigenvalue weighted by molar-refractivity contribution is 6.30. The zero-order valence-electron chi connectivity index (χ0n) is 8.63. The molecule has 1 aromatic carbocycles. The van der Waals surface area contributed by atoms with Crippen molar-refractivity contribution in [2.75, 3.05) is 0 Å². The van der Waals surface area contributed by atoms with Gasteiger partial charge in [0.1, 0.15) is 0 Å². The van der Waals surface area contributed by atoms with Gasteiger partial charge < -0.3 is 4.42 Å². The third-order valence-electron chi connectivity index (χ3n) is 2.41. The van der Waals surface area contributed by atoms with Crippen LogP contribution in [0.3, 0.4) is 0 Å². The van der Waals surface area contributed by atoms with Gasteiger partial charge in [0.25, 0.3) is 0 Å². The summed E-state index contributed by atoms with van der Waals surface area (Å²) in [5.74, 6) is -0.471. The number of halogens is 1. The zero-order chi connectivity index (χ0) is 11.8. The minimum absolute atomic E-state index is 0.381. The SMILES string of the molecule is O=c1oc2cc(Cl)cnc2n1-c1ccccc1. The van der Waals surface area contributed by atoms with Gasteiger partial charge in [0.15, 0.2) is 11.2 Å². The average molecular weight is 247 g/mol. The van der Waals surface area contributed by atoms with Crippen LogP contribution in [0.25, 0.3) is 16.9 Å². The van der Waals surface area contributed by atoms with Gasteiger partial charge in [-0.2, -0.15) is 0 Å². The van der Waals surface area contributed by atoms with E-state index in [0.717, 1.165) is 0 Å². The first-order valence-corrected chi connectivity index (χ1v) is 5.36.